The highest BCUT2D eigenvalue weighted by Crippen LogP contribution is 2.17. The van der Waals surface area contributed by atoms with Gasteiger partial charge in [-0.05, 0) is 42.0 Å². The Morgan fingerprint density at radius 2 is 1.79 bits per heavy atom. The third-order valence-corrected chi connectivity index (χ3v) is 4.33. The number of hydrogen-bond donors (Lipinski definition) is 1. The van der Waals surface area contributed by atoms with Crippen LogP contribution in [-0.4, -0.2) is 42.8 Å². The zero-order valence-corrected chi connectivity index (χ0v) is 16.1. The summed E-state index contributed by atoms with van der Waals surface area (Å²) >= 11 is 0. The maximum Gasteiger partial charge on any atom is 0.267 e. The third-order valence-electron chi connectivity index (χ3n) is 4.33. The van der Waals surface area contributed by atoms with E-state index in [-0.39, 0.29) is 42.7 Å². The highest BCUT2D eigenvalue weighted by molar-refractivity contribution is 6.39. The Morgan fingerprint density at radius 1 is 1.10 bits per heavy atom. The maximum absolute atomic E-state index is 13.0. The largest absolute Gasteiger partial charge is 0.497 e. The van der Waals surface area contributed by atoms with Gasteiger partial charge >= 0.3 is 0 Å². The summed E-state index contributed by atoms with van der Waals surface area (Å²) in [7, 11) is 1.59. The van der Waals surface area contributed by atoms with Gasteiger partial charge in [0.15, 0.2) is 0 Å². The molecule has 0 radical (unpaired) electrons. The van der Waals surface area contributed by atoms with Crippen molar-refractivity contribution in [1.82, 2.24) is 10.3 Å². The zero-order valence-electron chi connectivity index (χ0n) is 16.1. The van der Waals surface area contributed by atoms with E-state index in [9.17, 15) is 14.0 Å². The van der Waals surface area contributed by atoms with Crippen molar-refractivity contribution in [2.24, 2.45) is 5.10 Å². The number of rotatable bonds is 8. The lowest BCUT2D eigenvalue weighted by Gasteiger charge is -2.23. The van der Waals surface area contributed by atoms with Gasteiger partial charge in [-0.15, -0.1) is 0 Å². The number of hydrogen-bond acceptors (Lipinski definition) is 5. The van der Waals surface area contributed by atoms with E-state index < -0.39 is 0 Å². The second kappa shape index (κ2) is 9.68. The summed E-state index contributed by atoms with van der Waals surface area (Å²) in [5, 5.41) is 8.17. The Labute approximate surface area is 168 Å². The molecule has 0 aliphatic carbocycles. The molecule has 0 spiro atoms. The van der Waals surface area contributed by atoms with Crippen LogP contribution in [0.4, 0.5) is 4.39 Å². The average Bonchev–Trinajstić information content (AvgIpc) is 2.74. The van der Waals surface area contributed by atoms with Gasteiger partial charge in [0.1, 0.15) is 29.6 Å². The lowest BCUT2D eigenvalue weighted by atomic mass is 10.1. The molecule has 1 N–H and O–H groups in total. The third kappa shape index (κ3) is 5.78. The Morgan fingerprint density at radius 3 is 2.48 bits per heavy atom. The van der Waals surface area contributed by atoms with Gasteiger partial charge in [-0.2, -0.15) is 5.10 Å². The van der Waals surface area contributed by atoms with Crippen LogP contribution in [0.1, 0.15) is 18.4 Å². The topological polar surface area (TPSA) is 80.2 Å². The molecule has 0 bridgehead atoms. The van der Waals surface area contributed by atoms with E-state index in [1.807, 2.05) is 0 Å². The Bertz CT molecular complexity index is 882. The number of methoxy groups -OCH3 is 1. The van der Waals surface area contributed by atoms with Gasteiger partial charge in [-0.25, -0.2) is 9.40 Å². The van der Waals surface area contributed by atoms with Crippen molar-refractivity contribution < 1.29 is 23.5 Å². The predicted molar refractivity (Wildman–Crippen MR) is 105 cm³/mol. The molecule has 3 rings (SSSR count). The molecule has 1 aliphatic heterocycles. The smallest absolute Gasteiger partial charge is 0.267 e. The Hall–Kier alpha value is -3.42. The normalized spacial score (nSPS) is 13.7. The number of hydrazone groups is 1. The molecule has 0 saturated heterocycles. The first kappa shape index (κ1) is 20.3. The van der Waals surface area contributed by atoms with Crippen LogP contribution in [0.5, 0.6) is 11.5 Å². The Balaban J connectivity index is 1.49. The molecule has 1 heterocycles. The van der Waals surface area contributed by atoms with Gasteiger partial charge in [0.2, 0.25) is 5.91 Å². The maximum atomic E-state index is 13.0. The molecular formula is C21H22FN3O4. The SMILES string of the molecule is COc1ccc(OCCNC(=O)C2=NN(Cc3ccc(F)cc3)C(=O)CC2)cc1. The fourth-order valence-corrected chi connectivity index (χ4v) is 2.76. The second-order valence-corrected chi connectivity index (χ2v) is 6.40. The summed E-state index contributed by atoms with van der Waals surface area (Å²) in [5.41, 5.74) is 1.02. The van der Waals surface area contributed by atoms with E-state index in [1.165, 1.54) is 17.1 Å². The molecule has 0 fully saturated rings. The van der Waals surface area contributed by atoms with Crippen molar-refractivity contribution in [3.8, 4) is 11.5 Å². The molecule has 2 aromatic rings. The lowest BCUT2D eigenvalue weighted by Crippen LogP contribution is -2.40. The predicted octanol–water partition coefficient (Wildman–Crippen LogP) is 2.51. The van der Waals surface area contributed by atoms with E-state index >= 15 is 0 Å². The highest BCUT2D eigenvalue weighted by atomic mass is 19.1. The first-order valence-electron chi connectivity index (χ1n) is 9.22. The first-order chi connectivity index (χ1) is 14.0. The highest BCUT2D eigenvalue weighted by Gasteiger charge is 2.24. The van der Waals surface area contributed by atoms with E-state index in [4.69, 9.17) is 9.47 Å². The molecule has 2 amide bonds. The monoisotopic (exact) mass is 399 g/mol. The average molecular weight is 399 g/mol. The van der Waals surface area contributed by atoms with Crippen LogP contribution >= 0.6 is 0 Å². The molecule has 1 aliphatic rings. The molecule has 7 nitrogen and oxygen atoms in total. The summed E-state index contributed by atoms with van der Waals surface area (Å²) in [4.78, 5) is 24.4. The van der Waals surface area contributed by atoms with Gasteiger partial charge in [0.25, 0.3) is 5.91 Å². The van der Waals surface area contributed by atoms with Crippen molar-refractivity contribution in [2.45, 2.75) is 19.4 Å². The first-order valence-corrected chi connectivity index (χ1v) is 9.22. The minimum atomic E-state index is -0.348. The fourth-order valence-electron chi connectivity index (χ4n) is 2.76. The second-order valence-electron chi connectivity index (χ2n) is 6.40. The molecular weight excluding hydrogens is 377 g/mol. The molecule has 8 heteroatoms. The number of benzene rings is 2. The van der Waals surface area contributed by atoms with Crippen LogP contribution in [0.25, 0.3) is 0 Å². The summed E-state index contributed by atoms with van der Waals surface area (Å²) < 4.78 is 23.7. The van der Waals surface area contributed by atoms with Crippen LogP contribution < -0.4 is 14.8 Å². The van der Waals surface area contributed by atoms with E-state index in [1.54, 1.807) is 43.5 Å². The minimum absolute atomic E-state index is 0.172. The van der Waals surface area contributed by atoms with Crippen molar-refractivity contribution in [3.63, 3.8) is 0 Å². The molecule has 2 aromatic carbocycles. The molecule has 29 heavy (non-hydrogen) atoms. The number of halogens is 1. The standard InChI is InChI=1S/C21H22FN3O4/c1-28-17-6-8-18(9-7-17)29-13-12-23-21(27)19-10-11-20(26)25(24-19)14-15-2-4-16(22)5-3-15/h2-9H,10-14H2,1H3,(H,23,27). The molecule has 0 atom stereocenters. The van der Waals surface area contributed by atoms with Crippen LogP contribution in [0, 0.1) is 5.82 Å². The number of nitrogens with zero attached hydrogens (tertiary/aromatic N) is 2. The number of carbonyl (C=O) groups excluding carboxylic acids is 2. The fraction of sp³-hybridized carbons (Fsp3) is 0.286. The van der Waals surface area contributed by atoms with Gasteiger partial charge in [-0.3, -0.25) is 9.59 Å². The van der Waals surface area contributed by atoms with Gasteiger partial charge in [0, 0.05) is 12.8 Å². The van der Waals surface area contributed by atoms with Crippen molar-refractivity contribution in [3.05, 3.63) is 59.9 Å². The minimum Gasteiger partial charge on any atom is -0.497 e. The summed E-state index contributed by atoms with van der Waals surface area (Å²) in [6, 6.07) is 13.0. The molecule has 152 valence electrons. The number of nitrogens with one attached hydrogen (secondary N) is 1. The van der Waals surface area contributed by atoms with Crippen molar-refractivity contribution in [1.29, 1.82) is 0 Å². The number of amides is 2. The van der Waals surface area contributed by atoms with Crippen molar-refractivity contribution in [2.75, 3.05) is 20.3 Å². The van der Waals surface area contributed by atoms with Gasteiger partial charge in [0.05, 0.1) is 20.2 Å². The molecule has 0 unspecified atom stereocenters. The van der Waals surface area contributed by atoms with E-state index in [2.05, 4.69) is 10.4 Å². The van der Waals surface area contributed by atoms with Crippen LogP contribution in [0.2, 0.25) is 0 Å². The van der Waals surface area contributed by atoms with E-state index in [0.717, 1.165) is 11.3 Å². The molecule has 0 aromatic heterocycles. The van der Waals surface area contributed by atoms with Gasteiger partial charge < -0.3 is 14.8 Å². The Kier molecular flexibility index (Phi) is 6.78. The van der Waals surface area contributed by atoms with Crippen LogP contribution in [-0.2, 0) is 16.1 Å². The summed E-state index contributed by atoms with van der Waals surface area (Å²) in [6.07, 6.45) is 0.486. The van der Waals surface area contributed by atoms with E-state index in [0.29, 0.717) is 18.9 Å². The van der Waals surface area contributed by atoms with Gasteiger partial charge in [-0.1, -0.05) is 12.1 Å². The summed E-state index contributed by atoms with van der Waals surface area (Å²) in [5.74, 6) is 0.555. The zero-order chi connectivity index (χ0) is 20.6. The number of carbonyl (C=O) groups is 2. The molecule has 0 saturated carbocycles. The van der Waals surface area contributed by atoms with Crippen molar-refractivity contribution >= 4 is 17.5 Å². The number of ether oxygens (including phenoxy) is 2. The summed E-state index contributed by atoms with van der Waals surface area (Å²) in [6.45, 7) is 0.788. The van der Waals surface area contributed by atoms with Crippen LogP contribution in [0.15, 0.2) is 53.6 Å². The lowest BCUT2D eigenvalue weighted by molar-refractivity contribution is -0.132. The van der Waals surface area contributed by atoms with Crippen LogP contribution in [0.3, 0.4) is 0 Å². The quantitative estimate of drug-likeness (QED) is 0.692.